The monoisotopic (exact) mass is 412 g/mol. The maximum Gasteiger partial charge on any atom is 0.250 e. The molecule has 1 fully saturated rings. The van der Waals surface area contributed by atoms with E-state index < -0.39 is 6.43 Å². The van der Waals surface area contributed by atoms with Crippen molar-refractivity contribution in [2.45, 2.75) is 53.9 Å². The highest BCUT2D eigenvalue weighted by Gasteiger charge is 2.14. The fourth-order valence-electron chi connectivity index (χ4n) is 1.83. The predicted molar refractivity (Wildman–Crippen MR) is 114 cm³/mol. The molecule has 6 heteroatoms. The molecule has 0 radical (unpaired) electrons. The number of rotatable bonds is 7. The van der Waals surface area contributed by atoms with Gasteiger partial charge in [0.1, 0.15) is 0 Å². The van der Waals surface area contributed by atoms with Crippen LogP contribution in [0.1, 0.15) is 47.5 Å². The van der Waals surface area contributed by atoms with Crippen LogP contribution in [0.4, 0.5) is 8.78 Å². The van der Waals surface area contributed by atoms with Gasteiger partial charge in [0.25, 0.3) is 6.43 Å². The zero-order valence-electron chi connectivity index (χ0n) is 16.8. The summed E-state index contributed by atoms with van der Waals surface area (Å²) in [6.45, 7) is 12.5. The summed E-state index contributed by atoms with van der Waals surface area (Å²) in [5.74, 6) is 3.32. The van der Waals surface area contributed by atoms with Gasteiger partial charge >= 0.3 is 0 Å². The second kappa shape index (κ2) is 24.4. The summed E-state index contributed by atoms with van der Waals surface area (Å²) >= 11 is 11.3. The average Bonchev–Trinajstić information content (AvgIpc) is 3.17. The molecule has 0 saturated carbocycles. The van der Waals surface area contributed by atoms with Crippen LogP contribution in [0.15, 0.2) is 22.8 Å². The minimum absolute atomic E-state index is 0.173. The first-order valence-corrected chi connectivity index (χ1v) is 9.99. The van der Waals surface area contributed by atoms with Gasteiger partial charge in [-0.3, -0.25) is 0 Å². The van der Waals surface area contributed by atoms with Gasteiger partial charge in [-0.15, -0.1) is 23.9 Å². The van der Waals surface area contributed by atoms with Crippen molar-refractivity contribution in [3.63, 3.8) is 0 Å². The average molecular weight is 413 g/mol. The van der Waals surface area contributed by atoms with E-state index in [0.717, 1.165) is 19.5 Å². The summed E-state index contributed by atoms with van der Waals surface area (Å²) in [7, 11) is 0. The highest BCUT2D eigenvalue weighted by Crippen LogP contribution is 2.18. The van der Waals surface area contributed by atoms with Crippen LogP contribution in [0.2, 0.25) is 0 Å². The lowest BCUT2D eigenvalue weighted by Crippen LogP contribution is -2.21. The lowest BCUT2D eigenvalue weighted by Gasteiger charge is -2.07. The second-order valence-electron chi connectivity index (χ2n) is 5.23. The van der Waals surface area contributed by atoms with Gasteiger partial charge < -0.3 is 10.6 Å². The molecule has 1 heterocycles. The van der Waals surface area contributed by atoms with Crippen molar-refractivity contribution >= 4 is 23.2 Å². The molecule has 1 aliphatic heterocycles. The predicted octanol–water partition coefficient (Wildman–Crippen LogP) is 5.82. The van der Waals surface area contributed by atoms with E-state index in [1.54, 1.807) is 6.92 Å². The molecular weight excluding hydrogens is 377 g/mol. The Kier molecular flexibility index (Phi) is 28.3. The maximum absolute atomic E-state index is 11.3. The molecule has 2 N–H and O–H groups in total. The number of hydrogen-bond acceptors (Lipinski definition) is 2. The number of hydrogen-bond donors (Lipinski definition) is 2. The van der Waals surface area contributed by atoms with Crippen molar-refractivity contribution in [1.29, 1.82) is 0 Å². The highest BCUT2D eigenvalue weighted by molar-refractivity contribution is 6.35. The summed E-state index contributed by atoms with van der Waals surface area (Å²) < 4.78 is 22.6. The molecule has 1 atom stereocenters. The Labute approximate surface area is 169 Å². The normalized spacial score (nSPS) is 16.4. The first-order valence-electron chi connectivity index (χ1n) is 9.08. The quantitative estimate of drug-likeness (QED) is 0.238. The number of halogens is 4. The zero-order chi connectivity index (χ0) is 20.8. The van der Waals surface area contributed by atoms with E-state index in [4.69, 9.17) is 23.2 Å². The van der Waals surface area contributed by atoms with Crippen LogP contribution in [0, 0.1) is 18.3 Å². The second-order valence-corrected chi connectivity index (χ2v) is 5.98. The molecule has 2 nitrogen and oxygen atoms in total. The molecule has 26 heavy (non-hydrogen) atoms. The van der Waals surface area contributed by atoms with Crippen LogP contribution in [-0.2, 0) is 0 Å². The van der Waals surface area contributed by atoms with Crippen molar-refractivity contribution in [2.75, 3.05) is 32.1 Å². The number of alkyl halides is 3. The minimum atomic E-state index is -2.21. The zero-order valence-corrected chi connectivity index (χ0v) is 18.4. The summed E-state index contributed by atoms with van der Waals surface area (Å²) in [6, 6.07) is 0. The fourth-order valence-corrected chi connectivity index (χ4v) is 1.99. The van der Waals surface area contributed by atoms with Crippen LogP contribution in [0.5, 0.6) is 0 Å². The number of nitrogens with one attached hydrogen (secondary N) is 2. The first kappa shape index (κ1) is 30.1. The molecule has 0 unspecified atom stereocenters. The molecule has 0 aromatic carbocycles. The molecule has 0 aromatic heterocycles. The van der Waals surface area contributed by atoms with E-state index in [2.05, 4.69) is 36.0 Å². The Morgan fingerprint density at radius 2 is 1.96 bits per heavy atom. The Balaban J connectivity index is -0.000000349. The van der Waals surface area contributed by atoms with Crippen LogP contribution >= 0.6 is 23.2 Å². The van der Waals surface area contributed by atoms with Gasteiger partial charge in [0.15, 0.2) is 0 Å². The minimum Gasteiger partial charge on any atom is -0.316 e. The number of terminal acetylenes is 1. The van der Waals surface area contributed by atoms with Crippen molar-refractivity contribution < 1.29 is 8.78 Å². The largest absolute Gasteiger partial charge is 0.316 e. The lowest BCUT2D eigenvalue weighted by molar-refractivity contribution is 0.146. The summed E-state index contributed by atoms with van der Waals surface area (Å²) in [5, 5.41) is 6.62. The van der Waals surface area contributed by atoms with Crippen LogP contribution in [0.25, 0.3) is 0 Å². The van der Waals surface area contributed by atoms with Crippen molar-refractivity contribution in [2.24, 2.45) is 5.92 Å². The van der Waals surface area contributed by atoms with Crippen molar-refractivity contribution in [3.05, 3.63) is 22.8 Å². The van der Waals surface area contributed by atoms with E-state index in [1.165, 1.54) is 12.0 Å². The fraction of sp³-hybridized carbons (Fsp3) is 0.700. The molecule has 1 saturated heterocycles. The highest BCUT2D eigenvalue weighted by atomic mass is 35.5. The van der Waals surface area contributed by atoms with E-state index in [9.17, 15) is 8.78 Å². The Morgan fingerprint density at radius 1 is 1.38 bits per heavy atom. The van der Waals surface area contributed by atoms with E-state index in [-0.39, 0.29) is 6.54 Å². The third-order valence-electron chi connectivity index (χ3n) is 3.08. The Morgan fingerprint density at radius 3 is 2.35 bits per heavy atom. The summed E-state index contributed by atoms with van der Waals surface area (Å²) in [4.78, 5) is 0. The summed E-state index contributed by atoms with van der Waals surface area (Å²) in [5.41, 5.74) is 1.38. The van der Waals surface area contributed by atoms with E-state index in [1.807, 2.05) is 26.8 Å². The third kappa shape index (κ3) is 23.4. The Bertz CT molecular complexity index is 386. The molecule has 0 amide bonds. The standard InChI is InChI=1S/C10H15Cl2N.C5H11F2N.C3H4.C2H6/c1-8(2-3-10(12)6-11)9-4-5-13-7-9;1-2-3-8-4-5(6)7;1-3-2;1-2/h2-3,9,13H,4-7H2,1H3;5,8H,2-4H2,1H3;1H,2H3;1-2H3/b8-2+,10-3+;;;/t9-;;;/m0.../s1. The van der Waals surface area contributed by atoms with E-state index in [0.29, 0.717) is 23.4 Å². The van der Waals surface area contributed by atoms with E-state index >= 15 is 0 Å². The number of allylic oxidation sites excluding steroid dienone is 3. The Hall–Kier alpha value is -0.600. The van der Waals surface area contributed by atoms with Crippen LogP contribution < -0.4 is 10.6 Å². The van der Waals surface area contributed by atoms with Gasteiger partial charge in [-0.2, -0.15) is 0 Å². The molecular formula is C20H36Cl2F2N2. The van der Waals surface area contributed by atoms with Gasteiger partial charge in [-0.25, -0.2) is 8.78 Å². The van der Waals surface area contributed by atoms with Gasteiger partial charge in [0.2, 0.25) is 0 Å². The lowest BCUT2D eigenvalue weighted by atomic mass is 9.99. The molecule has 154 valence electrons. The van der Waals surface area contributed by atoms with Crippen molar-refractivity contribution in [3.8, 4) is 12.3 Å². The molecule has 0 bridgehead atoms. The topological polar surface area (TPSA) is 24.1 Å². The van der Waals surface area contributed by atoms with Gasteiger partial charge in [-0.1, -0.05) is 44.0 Å². The maximum atomic E-state index is 11.3. The molecule has 1 rings (SSSR count). The third-order valence-corrected chi connectivity index (χ3v) is 3.77. The molecule has 0 spiro atoms. The molecule has 0 aliphatic carbocycles. The molecule has 1 aliphatic rings. The first-order chi connectivity index (χ1) is 12.4. The van der Waals surface area contributed by atoms with Gasteiger partial charge in [0, 0.05) is 11.6 Å². The van der Waals surface area contributed by atoms with Crippen molar-refractivity contribution in [1.82, 2.24) is 10.6 Å². The van der Waals surface area contributed by atoms with Gasteiger partial charge in [-0.05, 0) is 51.8 Å². The van der Waals surface area contributed by atoms with Crippen LogP contribution in [-0.4, -0.2) is 38.5 Å². The molecule has 0 aromatic rings. The summed E-state index contributed by atoms with van der Waals surface area (Å²) in [6.07, 6.45) is 8.49. The van der Waals surface area contributed by atoms with Crippen LogP contribution in [0.3, 0.4) is 0 Å². The smallest absolute Gasteiger partial charge is 0.250 e. The van der Waals surface area contributed by atoms with Gasteiger partial charge in [0.05, 0.1) is 12.4 Å². The SMILES string of the molecule is C#CC.C/C(=C\C=C(\Cl)CCl)[C@H]1CCNC1.CC.CCCNCC(F)F.